The van der Waals surface area contributed by atoms with Crippen LogP contribution >= 0.6 is 0 Å². The number of terminal acetylenes is 1. The van der Waals surface area contributed by atoms with Crippen LogP contribution in [0.4, 0.5) is 0 Å². The van der Waals surface area contributed by atoms with Gasteiger partial charge in [0.25, 0.3) is 0 Å². The molecule has 0 bridgehead atoms. The third kappa shape index (κ3) is 3.57. The Morgan fingerprint density at radius 2 is 1.56 bits per heavy atom. The van der Waals surface area contributed by atoms with Gasteiger partial charge in [0.1, 0.15) is 0 Å². The highest BCUT2D eigenvalue weighted by Crippen LogP contribution is 2.21. The van der Waals surface area contributed by atoms with Gasteiger partial charge in [-0.2, -0.15) is 0 Å². The number of rotatable bonds is 0. The lowest BCUT2D eigenvalue weighted by molar-refractivity contribution is 0.590. The van der Waals surface area contributed by atoms with Crippen LogP contribution < -0.4 is 0 Å². The molecule has 0 aliphatic rings. The van der Waals surface area contributed by atoms with Crippen LogP contribution in [0.3, 0.4) is 0 Å². The molecule has 78 valence electrons. The van der Waals surface area contributed by atoms with Gasteiger partial charge in [0, 0.05) is 5.56 Å². The third-order valence-electron chi connectivity index (χ3n) is 2.15. The minimum Gasteiger partial charge on any atom is -0.106 e. The van der Waals surface area contributed by atoms with E-state index >= 15 is 0 Å². The molecule has 0 nitrogen and oxygen atoms in total. The van der Waals surface area contributed by atoms with Gasteiger partial charge in [-0.15, -0.1) is 6.42 Å². The first-order valence-electron chi connectivity index (χ1n) is 5.11. The molecule has 16 heavy (non-hydrogen) atoms. The van der Waals surface area contributed by atoms with Gasteiger partial charge in [-0.05, 0) is 46.8 Å². The van der Waals surface area contributed by atoms with Crippen LogP contribution in [0, 0.1) is 36.0 Å². The Bertz CT molecular complexity index is 508. The second kappa shape index (κ2) is 5.11. The molecule has 1 rings (SSSR count). The first-order valence-corrected chi connectivity index (χ1v) is 5.11. The molecule has 0 atom stereocenters. The maximum absolute atomic E-state index is 4.98. The summed E-state index contributed by atoms with van der Waals surface area (Å²) in [4.78, 5) is 0. The molecule has 0 saturated heterocycles. The smallest absolute Gasteiger partial charge is 0.0255 e. The van der Waals surface area contributed by atoms with E-state index in [1.165, 1.54) is 5.56 Å². The summed E-state index contributed by atoms with van der Waals surface area (Å²) < 4.78 is 0. The summed E-state index contributed by atoms with van der Waals surface area (Å²) >= 11 is 0. The maximum Gasteiger partial charge on any atom is 0.0255 e. The van der Waals surface area contributed by atoms with Gasteiger partial charge < -0.3 is 0 Å². The molecule has 0 unspecified atom stereocenters. The summed E-state index contributed by atoms with van der Waals surface area (Å²) in [5.41, 5.74) is 2.43. The summed E-state index contributed by atoms with van der Waals surface area (Å²) in [6.45, 7) is 6.56. The van der Waals surface area contributed by atoms with Crippen molar-refractivity contribution in [3.63, 3.8) is 0 Å². The van der Waals surface area contributed by atoms with Crippen molar-refractivity contribution in [2.45, 2.75) is 26.2 Å². The number of hydrogen-bond donors (Lipinski definition) is 0. The molecule has 0 aromatic heterocycles. The highest BCUT2D eigenvalue weighted by atomic mass is 14.2. The third-order valence-corrected chi connectivity index (χ3v) is 2.15. The Hall–Kier alpha value is -2.10. The fraction of sp³-hybridized carbons (Fsp3) is 0.250. The monoisotopic (exact) mass is 206 g/mol. The molecule has 0 heteroatoms. The molecule has 0 spiro atoms. The first-order chi connectivity index (χ1) is 7.54. The lowest BCUT2D eigenvalue weighted by atomic mass is 9.87. The van der Waals surface area contributed by atoms with Crippen LogP contribution in [0.15, 0.2) is 24.3 Å². The van der Waals surface area contributed by atoms with Crippen LogP contribution in [0.5, 0.6) is 0 Å². The van der Waals surface area contributed by atoms with E-state index in [9.17, 15) is 0 Å². The van der Waals surface area contributed by atoms with Crippen LogP contribution in [0.1, 0.15) is 31.9 Å². The SMILES string of the molecule is C#CC#CC#Cc1ccc(C(C)(C)C)cc1. The van der Waals surface area contributed by atoms with Gasteiger partial charge in [-0.1, -0.05) is 38.8 Å². The van der Waals surface area contributed by atoms with Crippen LogP contribution in [0.25, 0.3) is 0 Å². The second-order valence-corrected chi connectivity index (χ2v) is 4.47. The van der Waals surface area contributed by atoms with E-state index < -0.39 is 0 Å². The molecule has 0 aliphatic carbocycles. The fourth-order valence-corrected chi connectivity index (χ4v) is 1.22. The van der Waals surface area contributed by atoms with Crippen molar-refractivity contribution in [1.29, 1.82) is 0 Å². The van der Waals surface area contributed by atoms with E-state index in [1.54, 1.807) is 0 Å². The number of benzene rings is 1. The van der Waals surface area contributed by atoms with Gasteiger partial charge in [-0.25, -0.2) is 0 Å². The Kier molecular flexibility index (Phi) is 3.83. The average molecular weight is 206 g/mol. The van der Waals surface area contributed by atoms with Gasteiger partial charge >= 0.3 is 0 Å². The second-order valence-electron chi connectivity index (χ2n) is 4.47. The molecule has 1 aromatic rings. The highest BCUT2D eigenvalue weighted by molar-refractivity contribution is 5.43. The van der Waals surface area contributed by atoms with Crippen LogP contribution in [-0.4, -0.2) is 0 Å². The molecular weight excluding hydrogens is 192 g/mol. The van der Waals surface area contributed by atoms with Gasteiger partial charge in [0.15, 0.2) is 0 Å². The Morgan fingerprint density at radius 1 is 0.938 bits per heavy atom. The van der Waals surface area contributed by atoms with E-state index in [2.05, 4.69) is 62.5 Å². The zero-order valence-electron chi connectivity index (χ0n) is 9.89. The van der Waals surface area contributed by atoms with Crippen LogP contribution in [0.2, 0.25) is 0 Å². The van der Waals surface area contributed by atoms with E-state index in [0.29, 0.717) is 0 Å². The van der Waals surface area contributed by atoms with Crippen molar-refractivity contribution in [2.24, 2.45) is 0 Å². The summed E-state index contributed by atoms with van der Waals surface area (Å²) in [5.74, 6) is 12.9. The summed E-state index contributed by atoms with van der Waals surface area (Å²) in [7, 11) is 0. The molecule has 1 aromatic carbocycles. The predicted molar refractivity (Wildman–Crippen MR) is 68.6 cm³/mol. The van der Waals surface area contributed by atoms with E-state index in [1.807, 2.05) is 12.1 Å². The minimum atomic E-state index is 0.176. The van der Waals surface area contributed by atoms with Crippen LogP contribution in [-0.2, 0) is 5.41 Å². The van der Waals surface area contributed by atoms with Gasteiger partial charge in [0.2, 0.25) is 0 Å². The number of hydrogen-bond acceptors (Lipinski definition) is 0. The maximum atomic E-state index is 4.98. The first kappa shape index (κ1) is 12.0. The minimum absolute atomic E-state index is 0.176. The van der Waals surface area contributed by atoms with E-state index in [-0.39, 0.29) is 5.41 Å². The quantitative estimate of drug-likeness (QED) is 0.572. The molecule has 0 amide bonds. The average Bonchev–Trinajstić information content (AvgIpc) is 2.24. The molecule has 0 N–H and O–H groups in total. The van der Waals surface area contributed by atoms with Gasteiger partial charge in [0.05, 0.1) is 0 Å². The van der Waals surface area contributed by atoms with E-state index in [4.69, 9.17) is 6.42 Å². The molecule has 0 radical (unpaired) electrons. The normalized spacial score (nSPS) is 9.12. The zero-order valence-corrected chi connectivity index (χ0v) is 9.89. The van der Waals surface area contributed by atoms with Crippen molar-refractivity contribution in [3.8, 4) is 36.0 Å². The van der Waals surface area contributed by atoms with Gasteiger partial charge in [-0.3, -0.25) is 0 Å². The Labute approximate surface area is 98.1 Å². The zero-order chi connectivity index (χ0) is 12.0. The highest BCUT2D eigenvalue weighted by Gasteiger charge is 2.12. The van der Waals surface area contributed by atoms with Crippen molar-refractivity contribution in [1.82, 2.24) is 0 Å². The standard InChI is InChI=1S/C16H14/c1-5-6-7-8-9-14-10-12-15(13-11-14)16(2,3)4/h1,10-13H,2-4H3. The predicted octanol–water partition coefficient (Wildman–Crippen LogP) is 2.97. The van der Waals surface area contributed by atoms with Crippen molar-refractivity contribution in [2.75, 3.05) is 0 Å². The van der Waals surface area contributed by atoms with Crippen molar-refractivity contribution >= 4 is 0 Å². The Balaban J connectivity index is 2.88. The molecule has 0 aliphatic heterocycles. The lowest BCUT2D eigenvalue weighted by Gasteiger charge is -2.18. The summed E-state index contributed by atoms with van der Waals surface area (Å²) in [6, 6.07) is 8.20. The summed E-state index contributed by atoms with van der Waals surface area (Å²) in [6.07, 6.45) is 4.98. The molecule has 0 heterocycles. The Morgan fingerprint density at radius 3 is 2.06 bits per heavy atom. The fourth-order valence-electron chi connectivity index (χ4n) is 1.22. The molecular formula is C16H14. The topological polar surface area (TPSA) is 0 Å². The molecule has 0 saturated carbocycles. The van der Waals surface area contributed by atoms with E-state index in [0.717, 1.165) is 5.56 Å². The summed E-state index contributed by atoms with van der Waals surface area (Å²) in [5, 5.41) is 0. The molecule has 0 fully saturated rings. The van der Waals surface area contributed by atoms with Crippen molar-refractivity contribution in [3.05, 3.63) is 35.4 Å². The van der Waals surface area contributed by atoms with Crippen molar-refractivity contribution < 1.29 is 0 Å². The lowest BCUT2D eigenvalue weighted by Crippen LogP contribution is -2.10. The largest absolute Gasteiger partial charge is 0.106 e.